The fraction of sp³-hybridized carbons (Fsp3) is 0.0556. The van der Waals surface area contributed by atoms with E-state index in [0.717, 1.165) is 21.7 Å². The number of aromatic nitrogens is 1. The van der Waals surface area contributed by atoms with Gasteiger partial charge >= 0.3 is 5.97 Å². The van der Waals surface area contributed by atoms with Crippen LogP contribution in [0.15, 0.2) is 108 Å². The third-order valence-corrected chi connectivity index (χ3v) is 9.69. The van der Waals surface area contributed by atoms with Crippen molar-refractivity contribution in [1.29, 1.82) is 0 Å². The monoisotopic (exact) mass is 652 g/mol. The number of hydrogen-bond donors (Lipinski definition) is 0. The first-order chi connectivity index (χ1) is 22.0. The maximum atomic E-state index is 15.1. The molecule has 6 aromatic rings. The van der Waals surface area contributed by atoms with Crippen LogP contribution in [0, 0.1) is 25.1 Å². The fourth-order valence-electron chi connectivity index (χ4n) is 5.49. The Balaban J connectivity index is 1.73. The number of fused-ring (bicyclic) bond motifs is 1. The molecule has 0 N–H and O–H groups in total. The van der Waals surface area contributed by atoms with Crippen molar-refractivity contribution in [2.45, 2.75) is 11.8 Å². The minimum atomic E-state index is -4.35. The molecule has 46 heavy (non-hydrogen) atoms. The van der Waals surface area contributed by atoms with E-state index in [1.165, 1.54) is 49.6 Å². The average molecular weight is 653 g/mol. The third-order valence-electron chi connectivity index (χ3n) is 7.65. The smallest absolute Gasteiger partial charge is 0.337 e. The molecule has 0 saturated carbocycles. The molecule has 5 aromatic carbocycles. The standard InChI is InChI=1S/C36H23ClF2N2O4S/c1-21-10-14-26(15-11-21)46(43,44)41-32-17-13-25(38)20-29(32)33(28-8-5-9-31(39)34(28)40-2)35(41)23-7-4-6-22(18-23)27-16-12-24(19-30(27)37)36(42)45-3/h4-20H,1,3H3. The zero-order chi connectivity index (χ0) is 32.7. The second kappa shape index (κ2) is 11.9. The van der Waals surface area contributed by atoms with Crippen LogP contribution in [0.25, 0.3) is 49.3 Å². The van der Waals surface area contributed by atoms with Gasteiger partial charge in [0.1, 0.15) is 11.6 Å². The van der Waals surface area contributed by atoms with Crippen LogP contribution < -0.4 is 0 Å². The highest BCUT2D eigenvalue weighted by Crippen LogP contribution is 2.47. The van der Waals surface area contributed by atoms with E-state index in [1.807, 2.05) is 6.92 Å². The minimum absolute atomic E-state index is 0.0191. The van der Waals surface area contributed by atoms with Crippen molar-refractivity contribution >= 4 is 44.2 Å². The molecule has 1 aromatic heterocycles. The Bertz CT molecular complexity index is 2340. The Kier molecular flexibility index (Phi) is 7.94. The Morgan fingerprint density at radius 3 is 2.28 bits per heavy atom. The lowest BCUT2D eigenvalue weighted by atomic mass is 9.95. The number of hydrogen-bond acceptors (Lipinski definition) is 4. The van der Waals surface area contributed by atoms with E-state index in [2.05, 4.69) is 4.85 Å². The van der Waals surface area contributed by atoms with Crippen LogP contribution in [-0.4, -0.2) is 25.5 Å². The SMILES string of the molecule is [C-]#[N+]c1c(F)cccc1-c1c(-c2cccc(-c3ccc(C(=O)OC)cc3Cl)c2)n(S(=O)(=O)c2ccc(C)cc2)c2ccc(F)cc12. The van der Waals surface area contributed by atoms with Gasteiger partial charge in [0.2, 0.25) is 5.69 Å². The van der Waals surface area contributed by atoms with E-state index in [9.17, 15) is 17.6 Å². The van der Waals surface area contributed by atoms with Crippen molar-refractivity contribution in [1.82, 2.24) is 3.97 Å². The number of rotatable bonds is 6. The first-order valence-corrected chi connectivity index (χ1v) is 15.7. The normalized spacial score (nSPS) is 11.4. The average Bonchev–Trinajstić information content (AvgIpc) is 3.39. The van der Waals surface area contributed by atoms with Gasteiger partial charge in [-0.05, 0) is 72.6 Å². The fourth-order valence-corrected chi connectivity index (χ4v) is 7.33. The Labute approximate surface area is 268 Å². The van der Waals surface area contributed by atoms with Crippen LogP contribution in [0.5, 0.6) is 0 Å². The quantitative estimate of drug-likeness (QED) is 0.133. The predicted octanol–water partition coefficient (Wildman–Crippen LogP) is 9.46. The van der Waals surface area contributed by atoms with Gasteiger partial charge < -0.3 is 4.74 Å². The number of aryl methyl sites for hydroxylation is 1. The summed E-state index contributed by atoms with van der Waals surface area (Å²) in [6.45, 7) is 9.59. The van der Waals surface area contributed by atoms with E-state index in [0.29, 0.717) is 16.7 Å². The summed E-state index contributed by atoms with van der Waals surface area (Å²) in [5.74, 6) is -2.00. The summed E-state index contributed by atoms with van der Waals surface area (Å²) >= 11 is 6.60. The molecule has 0 saturated heterocycles. The van der Waals surface area contributed by atoms with Crippen LogP contribution in [0.2, 0.25) is 5.02 Å². The number of halogens is 3. The molecule has 0 fully saturated rings. The first kappa shape index (κ1) is 30.7. The summed E-state index contributed by atoms with van der Waals surface area (Å²) in [5, 5.41) is 0.419. The summed E-state index contributed by atoms with van der Waals surface area (Å²) in [6.07, 6.45) is 0. The van der Waals surface area contributed by atoms with Gasteiger partial charge in [0, 0.05) is 27.1 Å². The Morgan fingerprint density at radius 1 is 0.870 bits per heavy atom. The maximum Gasteiger partial charge on any atom is 0.337 e. The van der Waals surface area contributed by atoms with Crippen LogP contribution >= 0.6 is 11.6 Å². The molecule has 6 rings (SSSR count). The second-order valence-corrected chi connectivity index (χ2v) is 12.7. The molecule has 0 aliphatic rings. The highest BCUT2D eigenvalue weighted by Gasteiger charge is 2.30. The summed E-state index contributed by atoms with van der Waals surface area (Å²) in [7, 11) is -3.09. The molecule has 1 heterocycles. The molecule has 0 radical (unpaired) electrons. The molecule has 0 unspecified atom stereocenters. The topological polar surface area (TPSA) is 69.7 Å². The zero-order valence-electron chi connectivity index (χ0n) is 24.4. The van der Waals surface area contributed by atoms with Gasteiger partial charge in [0.05, 0.1) is 35.4 Å². The lowest BCUT2D eigenvalue weighted by Gasteiger charge is -2.16. The molecule has 228 valence electrons. The van der Waals surface area contributed by atoms with Crippen LogP contribution in [-0.2, 0) is 14.8 Å². The lowest BCUT2D eigenvalue weighted by molar-refractivity contribution is 0.0600. The number of carbonyl (C=O) groups is 1. The first-order valence-electron chi connectivity index (χ1n) is 13.9. The molecule has 10 heteroatoms. The van der Waals surface area contributed by atoms with Gasteiger partial charge in [-0.15, -0.1) is 0 Å². The summed E-state index contributed by atoms with van der Waals surface area (Å²) in [4.78, 5) is 15.5. The number of carbonyl (C=O) groups excluding carboxylic acids is 1. The van der Waals surface area contributed by atoms with Crippen molar-refractivity contribution in [2.24, 2.45) is 0 Å². The minimum Gasteiger partial charge on any atom is -0.465 e. The van der Waals surface area contributed by atoms with Crippen molar-refractivity contribution in [3.05, 3.63) is 142 Å². The highest BCUT2D eigenvalue weighted by molar-refractivity contribution is 7.90. The number of methoxy groups -OCH3 is 1. The van der Waals surface area contributed by atoms with E-state index < -0.39 is 27.6 Å². The molecule has 0 amide bonds. The summed E-state index contributed by atoms with van der Waals surface area (Å²) in [5.41, 5.74) is 2.75. The van der Waals surface area contributed by atoms with E-state index in [4.69, 9.17) is 22.9 Å². The van der Waals surface area contributed by atoms with E-state index >= 15 is 4.39 Å². The Hall–Kier alpha value is -5.30. The van der Waals surface area contributed by atoms with Crippen LogP contribution in [0.4, 0.5) is 14.5 Å². The molecule has 6 nitrogen and oxygen atoms in total. The lowest BCUT2D eigenvalue weighted by Crippen LogP contribution is -2.14. The van der Waals surface area contributed by atoms with Crippen molar-refractivity contribution in [2.75, 3.05) is 7.11 Å². The highest BCUT2D eigenvalue weighted by atomic mass is 35.5. The molecule has 0 aliphatic carbocycles. The molecular formula is C36H23ClF2N2O4S. The van der Waals surface area contributed by atoms with Crippen molar-refractivity contribution < 1.29 is 26.7 Å². The molecule has 0 aliphatic heterocycles. The number of ether oxygens (including phenoxy) is 1. The number of esters is 1. The summed E-state index contributed by atoms with van der Waals surface area (Å²) in [6, 6.07) is 25.6. The van der Waals surface area contributed by atoms with E-state index in [1.54, 1.807) is 48.5 Å². The second-order valence-electron chi connectivity index (χ2n) is 10.5. The van der Waals surface area contributed by atoms with Gasteiger partial charge in [-0.25, -0.2) is 30.8 Å². The Morgan fingerprint density at radius 2 is 1.59 bits per heavy atom. The van der Waals surface area contributed by atoms with Crippen molar-refractivity contribution in [3.8, 4) is 33.5 Å². The molecule has 0 spiro atoms. The number of para-hydroxylation sites is 1. The predicted molar refractivity (Wildman–Crippen MR) is 175 cm³/mol. The molecular weight excluding hydrogens is 630 g/mol. The van der Waals surface area contributed by atoms with E-state index in [-0.39, 0.29) is 48.9 Å². The van der Waals surface area contributed by atoms with Gasteiger partial charge in [-0.2, -0.15) is 0 Å². The maximum absolute atomic E-state index is 15.1. The number of benzene rings is 5. The summed E-state index contributed by atoms with van der Waals surface area (Å²) < 4.78 is 64.9. The van der Waals surface area contributed by atoms with Gasteiger partial charge in [-0.3, -0.25) is 0 Å². The van der Waals surface area contributed by atoms with Gasteiger partial charge in [-0.1, -0.05) is 65.7 Å². The number of nitrogens with zero attached hydrogens (tertiary/aromatic N) is 2. The van der Waals surface area contributed by atoms with Crippen LogP contribution in [0.3, 0.4) is 0 Å². The van der Waals surface area contributed by atoms with Gasteiger partial charge in [0.15, 0.2) is 0 Å². The van der Waals surface area contributed by atoms with Gasteiger partial charge in [0.25, 0.3) is 10.0 Å². The van der Waals surface area contributed by atoms with Crippen molar-refractivity contribution in [3.63, 3.8) is 0 Å². The molecule has 0 bridgehead atoms. The zero-order valence-corrected chi connectivity index (χ0v) is 26.0. The molecule has 0 atom stereocenters. The van der Waals surface area contributed by atoms with Crippen LogP contribution in [0.1, 0.15) is 15.9 Å². The third kappa shape index (κ3) is 5.21. The largest absolute Gasteiger partial charge is 0.465 e.